The molecule has 0 radical (unpaired) electrons. The molecule has 0 spiro atoms. The zero-order valence-corrected chi connectivity index (χ0v) is 8.80. The summed E-state index contributed by atoms with van der Waals surface area (Å²) in [6.07, 6.45) is 1.81. The van der Waals surface area contributed by atoms with Crippen LogP contribution in [-0.4, -0.2) is 16.9 Å². The minimum Gasteiger partial charge on any atom is -0.366 e. The average molecular weight is 199 g/mol. The Morgan fingerprint density at radius 2 is 1.23 bits per heavy atom. The van der Waals surface area contributed by atoms with Crippen LogP contribution >= 0.6 is 0 Å². The van der Waals surface area contributed by atoms with Crippen molar-refractivity contribution in [2.24, 2.45) is 11.5 Å². The van der Waals surface area contributed by atoms with E-state index in [1.165, 1.54) is 0 Å². The van der Waals surface area contributed by atoms with Gasteiger partial charge in [0.15, 0.2) is 0 Å². The largest absolute Gasteiger partial charge is 1.00 e. The van der Waals surface area contributed by atoms with Crippen LogP contribution in [0, 0.1) is 15.3 Å². The van der Waals surface area contributed by atoms with Gasteiger partial charge in [-0.2, -0.15) is 0 Å². The van der Waals surface area contributed by atoms with Crippen LogP contribution in [-0.2, 0) is 9.59 Å². The molecule has 0 aromatic carbocycles. The third-order valence-corrected chi connectivity index (χ3v) is 0.412. The number of hydrogen-bond donors (Lipinski definition) is 2. The van der Waals surface area contributed by atoms with E-state index >= 15 is 0 Å². The molecule has 0 aromatic heterocycles. The Bertz CT molecular complexity index is 196. The molecule has 0 unspecified atom stereocenters. The number of carbonyl (C=O) groups excluding carboxylic acids is 2. The Morgan fingerprint density at radius 3 is 1.31 bits per heavy atom. The Morgan fingerprint density at radius 1 is 1.08 bits per heavy atom. The Labute approximate surface area is 95.0 Å². The van der Waals surface area contributed by atoms with Gasteiger partial charge in [-0.05, 0) is 0 Å². The Hall–Kier alpha value is -1.12. The van der Waals surface area contributed by atoms with Crippen LogP contribution in [0.3, 0.4) is 0 Å². The van der Waals surface area contributed by atoms with Gasteiger partial charge in [-0.25, -0.2) is 0 Å². The van der Waals surface area contributed by atoms with E-state index in [1.807, 2.05) is 0 Å². The first kappa shape index (κ1) is 17.8. The summed E-state index contributed by atoms with van der Waals surface area (Å²) < 4.78 is 0. The molecule has 0 aliphatic carbocycles. The van der Waals surface area contributed by atoms with Crippen molar-refractivity contribution in [3.05, 3.63) is 27.5 Å². The fourth-order valence-corrected chi connectivity index (χ4v) is 0.164. The molecule has 0 aliphatic heterocycles. The molecule has 0 heterocycles. The molecule has 0 bridgehead atoms. The van der Waals surface area contributed by atoms with Crippen LogP contribution in [0.4, 0.5) is 0 Å². The van der Waals surface area contributed by atoms with Crippen LogP contribution in [0.25, 0.3) is 0 Å². The SMILES string of the molecule is NC(=O)C=CC(N)=O.O=[N+]([O-])[O-].[Na+]. The van der Waals surface area contributed by atoms with Crippen molar-refractivity contribution in [2.75, 3.05) is 0 Å². The van der Waals surface area contributed by atoms with Crippen molar-refractivity contribution in [3.8, 4) is 0 Å². The van der Waals surface area contributed by atoms with Crippen molar-refractivity contribution in [1.29, 1.82) is 0 Å². The first-order valence-electron chi connectivity index (χ1n) is 2.44. The second-order valence-corrected chi connectivity index (χ2v) is 1.36. The summed E-state index contributed by atoms with van der Waals surface area (Å²) in [6, 6.07) is 0. The van der Waals surface area contributed by atoms with Crippen molar-refractivity contribution >= 4 is 11.8 Å². The molecule has 0 fully saturated rings. The first-order valence-corrected chi connectivity index (χ1v) is 2.44. The van der Waals surface area contributed by atoms with E-state index in [-0.39, 0.29) is 29.6 Å². The van der Waals surface area contributed by atoms with Crippen LogP contribution in [0.5, 0.6) is 0 Å². The van der Waals surface area contributed by atoms with Gasteiger partial charge in [0.2, 0.25) is 11.8 Å². The monoisotopic (exact) mass is 199 g/mol. The average Bonchev–Trinajstić information content (AvgIpc) is 1.82. The number of nitrogens with two attached hydrogens (primary N) is 2. The van der Waals surface area contributed by atoms with E-state index in [1.54, 1.807) is 0 Å². The Balaban J connectivity index is -0.000000173. The van der Waals surface area contributed by atoms with E-state index in [2.05, 4.69) is 11.5 Å². The van der Waals surface area contributed by atoms with E-state index in [0.29, 0.717) is 0 Å². The van der Waals surface area contributed by atoms with E-state index < -0.39 is 16.9 Å². The third-order valence-electron chi connectivity index (χ3n) is 0.412. The molecular weight excluding hydrogens is 193 g/mol. The molecule has 0 rings (SSSR count). The van der Waals surface area contributed by atoms with Crippen LogP contribution in [0.1, 0.15) is 0 Å². The number of hydrogen-bond acceptors (Lipinski definition) is 5. The number of primary amides is 2. The van der Waals surface area contributed by atoms with Gasteiger partial charge in [0, 0.05) is 12.2 Å². The number of rotatable bonds is 2. The Kier molecular flexibility index (Phi) is 14.9. The maximum atomic E-state index is 9.83. The summed E-state index contributed by atoms with van der Waals surface area (Å²) in [5.74, 6) is -1.35. The maximum Gasteiger partial charge on any atom is 1.00 e. The van der Waals surface area contributed by atoms with Gasteiger partial charge in [0.25, 0.3) is 0 Å². The standard InChI is InChI=1S/C4H6N2O2.NO3.Na/c5-3(7)1-2-4(6)8;2-1(3)4;/h1-2H,(H2,5,7)(H2,6,8);;/q;-1;+1. The van der Waals surface area contributed by atoms with Crippen molar-refractivity contribution in [2.45, 2.75) is 0 Å². The summed E-state index contributed by atoms with van der Waals surface area (Å²) in [5.41, 5.74) is 9.21. The van der Waals surface area contributed by atoms with E-state index in [4.69, 9.17) is 15.3 Å². The molecule has 0 aliphatic rings. The molecule has 0 saturated heterocycles. The van der Waals surface area contributed by atoms with Gasteiger partial charge < -0.3 is 26.8 Å². The van der Waals surface area contributed by atoms with Gasteiger partial charge in [0.05, 0.1) is 5.09 Å². The predicted octanol–water partition coefficient (Wildman–Crippen LogP) is -4.72. The molecule has 0 saturated carbocycles. The summed E-state index contributed by atoms with van der Waals surface area (Å²) >= 11 is 0. The second kappa shape index (κ2) is 10.9. The van der Waals surface area contributed by atoms with Crippen LogP contribution in [0.15, 0.2) is 12.2 Å². The summed E-state index contributed by atoms with van der Waals surface area (Å²) in [6.45, 7) is 0. The smallest absolute Gasteiger partial charge is 0.366 e. The summed E-state index contributed by atoms with van der Waals surface area (Å²) in [4.78, 5) is 27.9. The first-order chi connectivity index (χ1) is 5.36. The number of amides is 2. The molecule has 2 amide bonds. The van der Waals surface area contributed by atoms with Gasteiger partial charge >= 0.3 is 29.6 Å². The zero-order chi connectivity index (χ0) is 10.1. The van der Waals surface area contributed by atoms with Crippen molar-refractivity contribution < 1.29 is 44.2 Å². The number of carbonyl (C=O) groups is 2. The molecule has 0 atom stereocenters. The minimum atomic E-state index is -1.75. The maximum absolute atomic E-state index is 9.83. The van der Waals surface area contributed by atoms with E-state index in [0.717, 1.165) is 12.2 Å². The molecule has 0 aromatic rings. The molecule has 68 valence electrons. The predicted molar refractivity (Wildman–Crippen MR) is 37.9 cm³/mol. The molecule has 4 N–H and O–H groups in total. The van der Waals surface area contributed by atoms with Crippen LogP contribution < -0.4 is 41.0 Å². The van der Waals surface area contributed by atoms with Crippen LogP contribution in [0.2, 0.25) is 0 Å². The molecule has 8 nitrogen and oxygen atoms in total. The second-order valence-electron chi connectivity index (χ2n) is 1.36. The fourth-order valence-electron chi connectivity index (χ4n) is 0.164. The quantitative estimate of drug-likeness (QED) is 0.198. The number of nitrogens with zero attached hydrogens (tertiary/aromatic N) is 1. The molecule has 9 heteroatoms. The van der Waals surface area contributed by atoms with Crippen molar-refractivity contribution in [1.82, 2.24) is 0 Å². The summed E-state index contributed by atoms with van der Waals surface area (Å²) in [7, 11) is 0. The summed E-state index contributed by atoms with van der Waals surface area (Å²) in [5, 5.41) is 14.8. The molecular formula is C4H6N3NaO5. The third kappa shape index (κ3) is 57.0. The van der Waals surface area contributed by atoms with Gasteiger partial charge in [-0.15, -0.1) is 0 Å². The van der Waals surface area contributed by atoms with E-state index in [9.17, 15) is 9.59 Å². The topological polar surface area (TPSA) is 152 Å². The van der Waals surface area contributed by atoms with Gasteiger partial charge in [-0.3, -0.25) is 9.59 Å². The normalized spacial score (nSPS) is 7.69. The van der Waals surface area contributed by atoms with Gasteiger partial charge in [-0.1, -0.05) is 0 Å². The van der Waals surface area contributed by atoms with Gasteiger partial charge in [0.1, 0.15) is 0 Å². The zero-order valence-electron chi connectivity index (χ0n) is 6.80. The minimum absolute atomic E-state index is 0. The fraction of sp³-hybridized carbons (Fsp3) is 0. The molecule has 13 heavy (non-hydrogen) atoms. The van der Waals surface area contributed by atoms with Crippen molar-refractivity contribution in [3.63, 3.8) is 0 Å².